The zero-order valence-corrected chi connectivity index (χ0v) is 16.7. The fraction of sp³-hybridized carbons (Fsp3) is 0.0500. The van der Waals surface area contributed by atoms with E-state index in [0.717, 1.165) is 11.0 Å². The molecular formula is C20H10F3N9O2. The number of nitrogens with zero attached hydrogens (tertiary/aromatic N) is 8. The van der Waals surface area contributed by atoms with Crippen LogP contribution in [0.1, 0.15) is 21.6 Å². The van der Waals surface area contributed by atoms with E-state index in [0.29, 0.717) is 10.3 Å². The number of halogens is 3. The number of alkyl halides is 3. The van der Waals surface area contributed by atoms with Gasteiger partial charge >= 0.3 is 6.18 Å². The molecule has 0 radical (unpaired) electrons. The van der Waals surface area contributed by atoms with Crippen molar-refractivity contribution in [3.05, 3.63) is 72.3 Å². The number of hydrogen-bond donors (Lipinski definition) is 1. The maximum atomic E-state index is 14.0. The minimum atomic E-state index is -4.94. The molecule has 14 heteroatoms. The van der Waals surface area contributed by atoms with E-state index in [2.05, 4.69) is 30.6 Å². The molecule has 0 atom stereocenters. The van der Waals surface area contributed by atoms with Crippen LogP contribution in [0.25, 0.3) is 22.6 Å². The SMILES string of the molecule is N#Cc1cc(NC(=O)c2cnn(-c3nccc4occc34)c2C(F)(F)F)cnc1-n1nccn1. The summed E-state index contributed by atoms with van der Waals surface area (Å²) in [5.41, 5.74) is -1.77. The van der Waals surface area contributed by atoms with E-state index >= 15 is 0 Å². The van der Waals surface area contributed by atoms with Crippen LogP contribution >= 0.6 is 0 Å². The topological polar surface area (TPSA) is 140 Å². The molecule has 0 bridgehead atoms. The number of fused-ring (bicyclic) bond motifs is 1. The van der Waals surface area contributed by atoms with Gasteiger partial charge in [-0.05, 0) is 18.2 Å². The van der Waals surface area contributed by atoms with Crippen molar-refractivity contribution in [2.75, 3.05) is 5.32 Å². The predicted octanol–water partition coefficient (Wildman–Crippen LogP) is 3.13. The normalized spacial score (nSPS) is 11.5. The fourth-order valence-corrected chi connectivity index (χ4v) is 3.29. The molecule has 0 fully saturated rings. The van der Waals surface area contributed by atoms with Crippen LogP contribution in [0.15, 0.2) is 59.9 Å². The Kier molecular flexibility index (Phi) is 4.79. The molecule has 0 saturated heterocycles. The van der Waals surface area contributed by atoms with Crippen LogP contribution < -0.4 is 5.32 Å². The Balaban J connectivity index is 1.53. The summed E-state index contributed by atoms with van der Waals surface area (Å²) in [6, 6.07) is 6.07. The van der Waals surface area contributed by atoms with Crippen LogP contribution in [0.4, 0.5) is 18.9 Å². The van der Waals surface area contributed by atoms with Crippen molar-refractivity contribution in [3.63, 3.8) is 0 Å². The smallest absolute Gasteiger partial charge is 0.434 e. The highest BCUT2D eigenvalue weighted by atomic mass is 19.4. The number of anilines is 1. The van der Waals surface area contributed by atoms with Crippen LogP contribution in [0.3, 0.4) is 0 Å². The number of hydrogen-bond acceptors (Lipinski definition) is 8. The minimum Gasteiger partial charge on any atom is -0.464 e. The van der Waals surface area contributed by atoms with Gasteiger partial charge in [0, 0.05) is 6.20 Å². The van der Waals surface area contributed by atoms with Gasteiger partial charge in [-0.2, -0.15) is 33.7 Å². The van der Waals surface area contributed by atoms with Gasteiger partial charge in [0.1, 0.15) is 17.2 Å². The number of carbonyl (C=O) groups is 1. The number of nitriles is 1. The van der Waals surface area contributed by atoms with E-state index in [9.17, 15) is 23.2 Å². The number of pyridine rings is 2. The quantitative estimate of drug-likeness (QED) is 0.427. The van der Waals surface area contributed by atoms with Gasteiger partial charge < -0.3 is 9.73 Å². The first-order valence-electron chi connectivity index (χ1n) is 9.43. The van der Waals surface area contributed by atoms with E-state index in [1.54, 1.807) is 0 Å². The van der Waals surface area contributed by atoms with Crippen molar-refractivity contribution in [2.45, 2.75) is 6.18 Å². The van der Waals surface area contributed by atoms with Crippen molar-refractivity contribution in [1.29, 1.82) is 5.26 Å². The maximum absolute atomic E-state index is 14.0. The highest BCUT2D eigenvalue weighted by molar-refractivity contribution is 6.05. The molecule has 0 unspecified atom stereocenters. The van der Waals surface area contributed by atoms with Crippen LogP contribution in [0, 0.1) is 11.3 Å². The van der Waals surface area contributed by atoms with Crippen LogP contribution in [-0.4, -0.2) is 40.6 Å². The second kappa shape index (κ2) is 7.81. The van der Waals surface area contributed by atoms with Gasteiger partial charge in [-0.25, -0.2) is 14.6 Å². The molecule has 5 rings (SSSR count). The van der Waals surface area contributed by atoms with E-state index < -0.39 is 23.3 Å². The molecule has 11 nitrogen and oxygen atoms in total. The molecule has 5 aromatic rings. The third-order valence-electron chi connectivity index (χ3n) is 4.69. The molecule has 0 saturated carbocycles. The molecule has 1 N–H and O–H groups in total. The van der Waals surface area contributed by atoms with Crippen molar-refractivity contribution >= 4 is 22.6 Å². The van der Waals surface area contributed by atoms with Crippen molar-refractivity contribution in [1.82, 2.24) is 34.7 Å². The Hall–Kier alpha value is -5.06. The Bertz CT molecular complexity index is 1560. The van der Waals surface area contributed by atoms with Gasteiger partial charge in [0.2, 0.25) is 0 Å². The average molecular weight is 465 g/mol. The monoisotopic (exact) mass is 465 g/mol. The zero-order valence-electron chi connectivity index (χ0n) is 16.7. The summed E-state index contributed by atoms with van der Waals surface area (Å²) < 4.78 is 47.8. The number of rotatable bonds is 4. The second-order valence-corrected chi connectivity index (χ2v) is 6.76. The largest absolute Gasteiger partial charge is 0.464 e. The van der Waals surface area contributed by atoms with Crippen LogP contribution in [0.2, 0.25) is 0 Å². The summed E-state index contributed by atoms with van der Waals surface area (Å²) in [6.07, 6.45) is 2.36. The lowest BCUT2D eigenvalue weighted by Crippen LogP contribution is -2.21. The summed E-state index contributed by atoms with van der Waals surface area (Å²) in [6.45, 7) is 0. The number of aromatic nitrogens is 7. The van der Waals surface area contributed by atoms with Gasteiger partial charge in [-0.1, -0.05) is 0 Å². The minimum absolute atomic E-state index is 0.00317. The number of furan rings is 1. The van der Waals surface area contributed by atoms with Crippen molar-refractivity contribution in [3.8, 4) is 17.7 Å². The lowest BCUT2D eigenvalue weighted by atomic mass is 10.2. The van der Waals surface area contributed by atoms with Gasteiger partial charge in [0.15, 0.2) is 17.3 Å². The third-order valence-corrected chi connectivity index (χ3v) is 4.69. The molecule has 0 aliphatic heterocycles. The number of nitrogens with one attached hydrogen (secondary N) is 1. The van der Waals surface area contributed by atoms with E-state index in [-0.39, 0.29) is 28.3 Å². The van der Waals surface area contributed by atoms with E-state index in [1.165, 1.54) is 49.2 Å². The Morgan fingerprint density at radius 3 is 2.59 bits per heavy atom. The standard InChI is InChI=1S/C20H10F3N9O2/c21-20(22,23)16-14(10-29-31(16)18-13-2-6-34-15(13)1-3-25-18)19(33)30-12-7-11(8-24)17(26-9-12)32-27-4-5-28-32/h1-7,9-10H,(H,30,33). The van der Waals surface area contributed by atoms with Crippen molar-refractivity contribution < 1.29 is 22.4 Å². The molecule has 168 valence electrons. The number of amides is 1. The molecule has 34 heavy (non-hydrogen) atoms. The van der Waals surface area contributed by atoms with Crippen molar-refractivity contribution in [2.24, 2.45) is 0 Å². The molecule has 5 aromatic heterocycles. The summed E-state index contributed by atoms with van der Waals surface area (Å²) in [5.74, 6) is -1.16. The predicted molar refractivity (Wildman–Crippen MR) is 108 cm³/mol. The highest BCUT2D eigenvalue weighted by Gasteiger charge is 2.41. The second-order valence-electron chi connectivity index (χ2n) is 6.76. The van der Waals surface area contributed by atoms with Crippen LogP contribution in [-0.2, 0) is 6.18 Å². The van der Waals surface area contributed by atoms with Gasteiger partial charge in [-0.15, -0.1) is 4.80 Å². The Labute approximate surface area is 187 Å². The molecule has 0 aromatic carbocycles. The summed E-state index contributed by atoms with van der Waals surface area (Å²) in [7, 11) is 0. The number of carbonyl (C=O) groups excluding carboxylic acids is 1. The maximum Gasteiger partial charge on any atom is 0.434 e. The molecule has 0 aliphatic carbocycles. The summed E-state index contributed by atoms with van der Waals surface area (Å²) in [4.78, 5) is 21.9. The fourth-order valence-electron chi connectivity index (χ4n) is 3.29. The molecular weight excluding hydrogens is 455 g/mol. The van der Waals surface area contributed by atoms with E-state index in [1.807, 2.05) is 6.07 Å². The first-order valence-corrected chi connectivity index (χ1v) is 9.43. The highest BCUT2D eigenvalue weighted by Crippen LogP contribution is 2.35. The summed E-state index contributed by atoms with van der Waals surface area (Å²) in [5, 5.41) is 23.5. The molecule has 0 aliphatic rings. The molecule has 1 amide bonds. The molecule has 0 spiro atoms. The summed E-state index contributed by atoms with van der Waals surface area (Å²) >= 11 is 0. The lowest BCUT2D eigenvalue weighted by molar-refractivity contribution is -0.143. The van der Waals surface area contributed by atoms with Gasteiger partial charge in [0.05, 0.1) is 47.7 Å². The van der Waals surface area contributed by atoms with Gasteiger partial charge in [-0.3, -0.25) is 4.79 Å². The van der Waals surface area contributed by atoms with Gasteiger partial charge in [0.25, 0.3) is 5.91 Å². The third kappa shape index (κ3) is 3.50. The first kappa shape index (κ1) is 20.8. The average Bonchev–Trinajstić information content (AvgIpc) is 3.58. The lowest BCUT2D eigenvalue weighted by Gasteiger charge is -2.13. The van der Waals surface area contributed by atoms with Crippen LogP contribution in [0.5, 0.6) is 0 Å². The zero-order chi connectivity index (χ0) is 23.9. The Morgan fingerprint density at radius 2 is 1.85 bits per heavy atom. The Morgan fingerprint density at radius 1 is 1.06 bits per heavy atom. The van der Waals surface area contributed by atoms with E-state index in [4.69, 9.17) is 4.42 Å². The molecule has 5 heterocycles. The first-order chi connectivity index (χ1) is 16.4.